The third-order valence-corrected chi connectivity index (χ3v) is 3.62. The molecule has 0 heterocycles. The van der Waals surface area contributed by atoms with E-state index in [-0.39, 0.29) is 11.6 Å². The lowest BCUT2D eigenvalue weighted by atomic mass is 10.0. The highest BCUT2D eigenvalue weighted by Gasteiger charge is 2.06. The van der Waals surface area contributed by atoms with Crippen LogP contribution >= 0.6 is 0 Å². The maximum atomic E-state index is 12.0. The molecule has 0 amide bonds. The van der Waals surface area contributed by atoms with Gasteiger partial charge in [-0.05, 0) is 13.3 Å². The van der Waals surface area contributed by atoms with Crippen molar-refractivity contribution < 1.29 is 9.59 Å². The average molecular weight is 274 g/mol. The number of rotatable bonds is 10. The summed E-state index contributed by atoms with van der Waals surface area (Å²) >= 11 is 0. The van der Waals surface area contributed by atoms with Gasteiger partial charge in [-0.3, -0.25) is 9.59 Å². The lowest BCUT2D eigenvalue weighted by molar-refractivity contribution is 0.0975. The topological polar surface area (TPSA) is 34.1 Å². The third kappa shape index (κ3) is 6.14. The molecule has 0 spiro atoms. The van der Waals surface area contributed by atoms with E-state index in [1.807, 2.05) is 0 Å². The lowest BCUT2D eigenvalue weighted by Gasteiger charge is -2.03. The average Bonchev–Trinajstić information content (AvgIpc) is 2.46. The van der Waals surface area contributed by atoms with E-state index in [0.29, 0.717) is 12.0 Å². The molecule has 0 atom stereocenters. The van der Waals surface area contributed by atoms with Crippen LogP contribution in [-0.4, -0.2) is 11.6 Å². The zero-order valence-electron chi connectivity index (χ0n) is 12.8. The summed E-state index contributed by atoms with van der Waals surface area (Å²) in [4.78, 5) is 23.1. The molecule has 2 nitrogen and oxygen atoms in total. The summed E-state index contributed by atoms with van der Waals surface area (Å²) < 4.78 is 0. The van der Waals surface area contributed by atoms with E-state index >= 15 is 0 Å². The molecule has 0 saturated heterocycles. The van der Waals surface area contributed by atoms with Gasteiger partial charge < -0.3 is 0 Å². The lowest BCUT2D eigenvalue weighted by Crippen LogP contribution is -2.00. The van der Waals surface area contributed by atoms with Crippen molar-refractivity contribution in [3.8, 4) is 0 Å². The quantitative estimate of drug-likeness (QED) is 0.433. The van der Waals surface area contributed by atoms with Crippen LogP contribution in [0.1, 0.15) is 85.9 Å². The molecule has 0 radical (unpaired) electrons. The van der Waals surface area contributed by atoms with Gasteiger partial charge in [-0.15, -0.1) is 0 Å². The number of carbonyl (C=O) groups excluding carboxylic acids is 2. The zero-order chi connectivity index (χ0) is 14.8. The summed E-state index contributed by atoms with van der Waals surface area (Å²) in [5.41, 5.74) is 1.39. The van der Waals surface area contributed by atoms with E-state index < -0.39 is 0 Å². The van der Waals surface area contributed by atoms with Gasteiger partial charge in [0.15, 0.2) is 11.6 Å². The van der Waals surface area contributed by atoms with Gasteiger partial charge in [0, 0.05) is 17.5 Å². The van der Waals surface area contributed by atoms with Crippen LogP contribution in [0.25, 0.3) is 0 Å². The predicted octanol–water partition coefficient (Wildman–Crippen LogP) is 5.21. The highest BCUT2D eigenvalue weighted by molar-refractivity contribution is 5.98. The first-order valence-electron chi connectivity index (χ1n) is 7.79. The Balaban J connectivity index is 2.24. The number of unbranched alkanes of at least 4 members (excludes halogenated alkanes) is 6. The molecule has 0 bridgehead atoms. The summed E-state index contributed by atoms with van der Waals surface area (Å²) in [7, 11) is 0. The van der Waals surface area contributed by atoms with Crippen LogP contribution in [0.3, 0.4) is 0 Å². The minimum atomic E-state index is 0.0380. The summed E-state index contributed by atoms with van der Waals surface area (Å²) in [6.07, 6.45) is 9.16. The Morgan fingerprint density at radius 1 is 0.800 bits per heavy atom. The number of hydrogen-bond acceptors (Lipinski definition) is 2. The fraction of sp³-hybridized carbons (Fsp3) is 0.556. The van der Waals surface area contributed by atoms with Gasteiger partial charge in [0.25, 0.3) is 0 Å². The highest BCUT2D eigenvalue weighted by Crippen LogP contribution is 2.12. The number of benzene rings is 1. The number of ketones is 2. The van der Waals surface area contributed by atoms with E-state index in [2.05, 4.69) is 6.92 Å². The first-order chi connectivity index (χ1) is 9.65. The Hall–Kier alpha value is -1.44. The molecule has 0 aliphatic heterocycles. The van der Waals surface area contributed by atoms with Crippen molar-refractivity contribution in [2.45, 2.75) is 65.2 Å². The van der Waals surface area contributed by atoms with E-state index in [9.17, 15) is 9.59 Å². The van der Waals surface area contributed by atoms with Crippen molar-refractivity contribution in [3.63, 3.8) is 0 Å². The molecule has 0 aliphatic rings. The molecule has 0 N–H and O–H groups in total. The maximum absolute atomic E-state index is 12.0. The maximum Gasteiger partial charge on any atom is 0.162 e. The molecule has 1 aromatic rings. The van der Waals surface area contributed by atoms with E-state index in [4.69, 9.17) is 0 Å². The van der Waals surface area contributed by atoms with Crippen molar-refractivity contribution in [1.82, 2.24) is 0 Å². The second kappa shape index (κ2) is 9.46. The van der Waals surface area contributed by atoms with Crippen LogP contribution in [0.15, 0.2) is 24.3 Å². The van der Waals surface area contributed by atoms with E-state index in [1.54, 1.807) is 24.3 Å². The molecule has 0 fully saturated rings. The molecule has 1 aromatic carbocycles. The summed E-state index contributed by atoms with van der Waals surface area (Å²) in [5, 5.41) is 0. The van der Waals surface area contributed by atoms with Gasteiger partial charge in [0.2, 0.25) is 0 Å². The molecule has 20 heavy (non-hydrogen) atoms. The molecule has 110 valence electrons. The monoisotopic (exact) mass is 274 g/mol. The van der Waals surface area contributed by atoms with Gasteiger partial charge in [-0.25, -0.2) is 0 Å². The summed E-state index contributed by atoms with van der Waals surface area (Å²) in [5.74, 6) is 0.227. The zero-order valence-corrected chi connectivity index (χ0v) is 12.8. The highest BCUT2D eigenvalue weighted by atomic mass is 16.1. The standard InChI is InChI=1S/C18H26O2/c1-3-4-5-6-7-8-9-10-18(20)17-13-11-16(12-14-17)15(2)19/h11-14H,3-10H2,1-2H3. The molecule has 0 aliphatic carbocycles. The fourth-order valence-corrected chi connectivity index (χ4v) is 2.28. The molecule has 0 unspecified atom stereocenters. The molecule has 2 heteroatoms. The second-order valence-electron chi connectivity index (χ2n) is 5.43. The Morgan fingerprint density at radius 2 is 1.30 bits per heavy atom. The van der Waals surface area contributed by atoms with Crippen molar-refractivity contribution in [1.29, 1.82) is 0 Å². The second-order valence-corrected chi connectivity index (χ2v) is 5.43. The Bertz CT molecular complexity index is 418. The van der Waals surface area contributed by atoms with Gasteiger partial charge in [0.1, 0.15) is 0 Å². The van der Waals surface area contributed by atoms with Crippen LogP contribution in [-0.2, 0) is 0 Å². The van der Waals surface area contributed by atoms with Gasteiger partial charge >= 0.3 is 0 Å². The molecule has 0 aromatic heterocycles. The first-order valence-corrected chi connectivity index (χ1v) is 7.79. The van der Waals surface area contributed by atoms with Crippen molar-refractivity contribution in [3.05, 3.63) is 35.4 Å². The van der Waals surface area contributed by atoms with Crippen LogP contribution in [0, 0.1) is 0 Å². The number of hydrogen-bond donors (Lipinski definition) is 0. The van der Waals surface area contributed by atoms with Crippen molar-refractivity contribution in [2.24, 2.45) is 0 Å². The van der Waals surface area contributed by atoms with Crippen molar-refractivity contribution >= 4 is 11.6 Å². The van der Waals surface area contributed by atoms with Crippen LogP contribution in [0.5, 0.6) is 0 Å². The predicted molar refractivity (Wildman–Crippen MR) is 83.4 cm³/mol. The van der Waals surface area contributed by atoms with Gasteiger partial charge in [-0.2, -0.15) is 0 Å². The Labute approximate surface area is 122 Å². The van der Waals surface area contributed by atoms with E-state index in [0.717, 1.165) is 18.4 Å². The van der Waals surface area contributed by atoms with Crippen molar-refractivity contribution in [2.75, 3.05) is 0 Å². The normalized spacial score (nSPS) is 10.5. The number of Topliss-reactive ketones (excluding diaryl/α,β-unsaturated/α-hetero) is 2. The molecular weight excluding hydrogens is 248 g/mol. The Kier molecular flexibility index (Phi) is 7.86. The SMILES string of the molecule is CCCCCCCCCC(=O)c1ccc(C(C)=O)cc1. The first kappa shape index (κ1) is 16.6. The number of carbonyl (C=O) groups is 2. The van der Waals surface area contributed by atoms with Gasteiger partial charge in [0.05, 0.1) is 0 Å². The molecule has 1 rings (SSSR count). The molecular formula is C18H26O2. The van der Waals surface area contributed by atoms with Crippen LogP contribution in [0.2, 0.25) is 0 Å². The van der Waals surface area contributed by atoms with Gasteiger partial charge in [-0.1, -0.05) is 69.7 Å². The van der Waals surface area contributed by atoms with E-state index in [1.165, 1.54) is 39.0 Å². The van der Waals surface area contributed by atoms with Crippen LogP contribution in [0.4, 0.5) is 0 Å². The van der Waals surface area contributed by atoms with Crippen LogP contribution < -0.4 is 0 Å². The summed E-state index contributed by atoms with van der Waals surface area (Å²) in [6.45, 7) is 3.76. The minimum absolute atomic E-state index is 0.0380. The third-order valence-electron chi connectivity index (χ3n) is 3.62. The fourth-order valence-electron chi connectivity index (χ4n) is 2.28. The smallest absolute Gasteiger partial charge is 0.162 e. The Morgan fingerprint density at radius 3 is 1.85 bits per heavy atom. The largest absolute Gasteiger partial charge is 0.295 e. The summed E-state index contributed by atoms with van der Waals surface area (Å²) in [6, 6.07) is 7.00. The molecule has 0 saturated carbocycles. The minimum Gasteiger partial charge on any atom is -0.295 e.